The molecule has 0 radical (unpaired) electrons. The molecule has 3 nitrogen and oxygen atoms in total. The fraction of sp³-hybridized carbons (Fsp3) is 0.357. The predicted molar refractivity (Wildman–Crippen MR) is 131 cm³/mol. The lowest BCUT2D eigenvalue weighted by Gasteiger charge is -2.44. The van der Waals surface area contributed by atoms with Crippen LogP contribution in [0.25, 0.3) is 0 Å². The molecule has 3 heteroatoms. The summed E-state index contributed by atoms with van der Waals surface area (Å²) >= 11 is 0. The van der Waals surface area contributed by atoms with E-state index < -0.39 is 0 Å². The molecule has 3 aromatic rings. The van der Waals surface area contributed by atoms with E-state index in [0.717, 1.165) is 26.2 Å². The summed E-state index contributed by atoms with van der Waals surface area (Å²) in [5, 5.41) is 0. The largest absolute Gasteiger partial charge is 0.378 e. The summed E-state index contributed by atoms with van der Waals surface area (Å²) < 4.78 is 0. The van der Waals surface area contributed by atoms with Crippen LogP contribution in [0.15, 0.2) is 72.8 Å². The van der Waals surface area contributed by atoms with Crippen molar-refractivity contribution in [1.82, 2.24) is 9.80 Å². The Bertz CT molecular complexity index is 903. The van der Waals surface area contributed by atoms with E-state index >= 15 is 0 Å². The summed E-state index contributed by atoms with van der Waals surface area (Å²) in [6.45, 7) is 8.51. The first kappa shape index (κ1) is 21.6. The Hall–Kier alpha value is -2.62. The number of hydrogen-bond donors (Lipinski definition) is 0. The second-order valence-corrected chi connectivity index (χ2v) is 9.13. The summed E-state index contributed by atoms with van der Waals surface area (Å²) in [6.07, 6.45) is 1.48. The van der Waals surface area contributed by atoms with Crippen LogP contribution >= 0.6 is 0 Å². The van der Waals surface area contributed by atoms with Crippen molar-refractivity contribution in [3.05, 3.63) is 101 Å². The Kier molecular flexibility index (Phi) is 6.74. The Labute approximate surface area is 187 Å². The third-order valence-corrected chi connectivity index (χ3v) is 6.30. The molecule has 0 aliphatic carbocycles. The van der Waals surface area contributed by atoms with Crippen LogP contribution in [0.5, 0.6) is 0 Å². The van der Waals surface area contributed by atoms with Gasteiger partial charge in [-0.05, 0) is 49.1 Å². The molecule has 4 rings (SSSR count). The Morgan fingerprint density at radius 1 is 0.677 bits per heavy atom. The number of anilines is 1. The van der Waals surface area contributed by atoms with Crippen molar-refractivity contribution in [2.75, 3.05) is 32.1 Å². The van der Waals surface area contributed by atoms with Gasteiger partial charge in [0.15, 0.2) is 0 Å². The molecule has 0 spiro atoms. The highest BCUT2D eigenvalue weighted by Gasteiger charge is 2.30. The van der Waals surface area contributed by atoms with Gasteiger partial charge in [-0.1, -0.05) is 71.8 Å². The maximum atomic E-state index is 2.65. The number of hydrogen-bond acceptors (Lipinski definition) is 3. The summed E-state index contributed by atoms with van der Waals surface area (Å²) in [7, 11) is 4.20. The maximum absolute atomic E-state index is 2.65. The minimum atomic E-state index is 0.285. The molecule has 0 atom stereocenters. The molecule has 0 amide bonds. The molecule has 31 heavy (non-hydrogen) atoms. The lowest BCUT2D eigenvalue weighted by atomic mass is 10.0. The Balaban J connectivity index is 1.63. The van der Waals surface area contributed by atoms with Gasteiger partial charge in [0.05, 0.1) is 6.17 Å². The molecule has 0 aromatic heterocycles. The quantitative estimate of drug-likeness (QED) is 0.507. The lowest BCUT2D eigenvalue weighted by Crippen LogP contribution is -2.46. The average Bonchev–Trinajstić information content (AvgIpc) is 2.77. The van der Waals surface area contributed by atoms with Crippen LogP contribution in [0.2, 0.25) is 0 Å². The molecule has 1 saturated heterocycles. The van der Waals surface area contributed by atoms with Crippen LogP contribution in [-0.4, -0.2) is 37.0 Å². The first-order chi connectivity index (χ1) is 15.0. The van der Waals surface area contributed by atoms with Crippen molar-refractivity contribution in [2.24, 2.45) is 0 Å². The van der Waals surface area contributed by atoms with E-state index in [1.807, 2.05) is 0 Å². The molecule has 1 aliphatic heterocycles. The SMILES string of the molecule is Cc1ccc(CN2CCCN(Cc3ccc(C)cc3)C2c2ccc(N(C)C)cc2)cc1. The summed E-state index contributed by atoms with van der Waals surface area (Å²) in [5.41, 5.74) is 8.04. The zero-order valence-electron chi connectivity index (χ0n) is 19.4. The molecule has 0 bridgehead atoms. The van der Waals surface area contributed by atoms with Crippen LogP contribution in [0.3, 0.4) is 0 Å². The smallest absolute Gasteiger partial charge is 0.0892 e. The van der Waals surface area contributed by atoms with E-state index in [0.29, 0.717) is 0 Å². The van der Waals surface area contributed by atoms with Crippen LogP contribution < -0.4 is 4.90 Å². The molecule has 162 valence electrons. The van der Waals surface area contributed by atoms with Gasteiger partial charge in [-0.3, -0.25) is 9.80 Å². The number of rotatable bonds is 6. The molecule has 0 unspecified atom stereocenters. The van der Waals surface area contributed by atoms with Gasteiger partial charge in [-0.25, -0.2) is 0 Å². The minimum absolute atomic E-state index is 0.285. The van der Waals surface area contributed by atoms with Gasteiger partial charge in [0, 0.05) is 46.0 Å². The standard InChI is InChI=1S/C28H35N3/c1-22-6-10-24(11-7-22)20-30-18-5-19-31(21-25-12-8-23(2)9-13-25)28(30)26-14-16-27(17-15-26)29(3)4/h6-17,28H,5,18-21H2,1-4H3. The van der Waals surface area contributed by atoms with Crippen molar-refractivity contribution in [3.63, 3.8) is 0 Å². The molecule has 1 heterocycles. The van der Waals surface area contributed by atoms with Gasteiger partial charge < -0.3 is 4.90 Å². The monoisotopic (exact) mass is 413 g/mol. The Morgan fingerprint density at radius 2 is 1.13 bits per heavy atom. The fourth-order valence-electron chi connectivity index (χ4n) is 4.51. The molecular weight excluding hydrogens is 378 g/mol. The average molecular weight is 414 g/mol. The lowest BCUT2D eigenvalue weighted by molar-refractivity contribution is -0.00908. The maximum Gasteiger partial charge on any atom is 0.0892 e. The van der Waals surface area contributed by atoms with Gasteiger partial charge in [-0.2, -0.15) is 0 Å². The number of benzene rings is 3. The van der Waals surface area contributed by atoms with E-state index in [4.69, 9.17) is 0 Å². The minimum Gasteiger partial charge on any atom is -0.378 e. The zero-order valence-corrected chi connectivity index (χ0v) is 19.4. The number of nitrogens with zero attached hydrogens (tertiary/aromatic N) is 3. The molecule has 1 aliphatic rings. The first-order valence-corrected chi connectivity index (χ1v) is 11.4. The highest BCUT2D eigenvalue weighted by Crippen LogP contribution is 2.33. The fourth-order valence-corrected chi connectivity index (χ4v) is 4.51. The molecule has 1 fully saturated rings. The number of aryl methyl sites for hydroxylation is 2. The van der Waals surface area contributed by atoms with Crippen molar-refractivity contribution < 1.29 is 0 Å². The van der Waals surface area contributed by atoms with E-state index in [2.05, 4.69) is 115 Å². The second-order valence-electron chi connectivity index (χ2n) is 9.13. The van der Waals surface area contributed by atoms with Crippen molar-refractivity contribution in [2.45, 2.75) is 39.5 Å². The topological polar surface area (TPSA) is 9.72 Å². The van der Waals surface area contributed by atoms with Crippen LogP contribution in [0.1, 0.15) is 40.4 Å². The predicted octanol–water partition coefficient (Wildman–Crippen LogP) is 5.78. The van der Waals surface area contributed by atoms with Crippen molar-refractivity contribution in [1.29, 1.82) is 0 Å². The molecular formula is C28H35N3. The van der Waals surface area contributed by atoms with Crippen LogP contribution in [0.4, 0.5) is 5.69 Å². The second kappa shape index (κ2) is 9.67. The normalized spacial score (nSPS) is 15.9. The van der Waals surface area contributed by atoms with Gasteiger partial charge >= 0.3 is 0 Å². The van der Waals surface area contributed by atoms with Crippen molar-refractivity contribution >= 4 is 5.69 Å². The van der Waals surface area contributed by atoms with Crippen LogP contribution in [0, 0.1) is 13.8 Å². The van der Waals surface area contributed by atoms with Crippen molar-refractivity contribution in [3.8, 4) is 0 Å². The summed E-state index contributed by atoms with van der Waals surface area (Å²) in [6, 6.07) is 27.1. The Morgan fingerprint density at radius 3 is 1.55 bits per heavy atom. The zero-order chi connectivity index (χ0) is 21.8. The summed E-state index contributed by atoms with van der Waals surface area (Å²) in [5.74, 6) is 0. The van der Waals surface area contributed by atoms with E-state index in [-0.39, 0.29) is 6.17 Å². The highest BCUT2D eigenvalue weighted by molar-refractivity contribution is 5.46. The van der Waals surface area contributed by atoms with Gasteiger partial charge in [0.2, 0.25) is 0 Å². The molecule has 3 aromatic carbocycles. The molecule has 0 N–H and O–H groups in total. The third-order valence-electron chi connectivity index (χ3n) is 6.30. The van der Waals surface area contributed by atoms with E-state index in [1.54, 1.807) is 0 Å². The summed E-state index contributed by atoms with van der Waals surface area (Å²) in [4.78, 5) is 7.46. The van der Waals surface area contributed by atoms with Gasteiger partial charge in [0.1, 0.15) is 0 Å². The van der Waals surface area contributed by atoms with E-state index in [1.165, 1.54) is 39.9 Å². The first-order valence-electron chi connectivity index (χ1n) is 11.4. The third kappa shape index (κ3) is 5.36. The molecule has 0 saturated carbocycles. The van der Waals surface area contributed by atoms with Crippen LogP contribution in [-0.2, 0) is 13.1 Å². The van der Waals surface area contributed by atoms with Gasteiger partial charge in [-0.15, -0.1) is 0 Å². The highest BCUT2D eigenvalue weighted by atomic mass is 15.4. The van der Waals surface area contributed by atoms with E-state index in [9.17, 15) is 0 Å². The van der Waals surface area contributed by atoms with Gasteiger partial charge in [0.25, 0.3) is 0 Å².